The Morgan fingerprint density at radius 3 is 3.00 bits per heavy atom. The highest BCUT2D eigenvalue weighted by Crippen LogP contribution is 2.10. The molecule has 0 aliphatic carbocycles. The summed E-state index contributed by atoms with van der Waals surface area (Å²) in [5.74, 6) is 4.10. The van der Waals surface area contributed by atoms with E-state index in [1.165, 1.54) is 19.2 Å². The Bertz CT molecular complexity index is 477. The molecule has 0 spiro atoms. The van der Waals surface area contributed by atoms with Gasteiger partial charge in [-0.15, -0.1) is 0 Å². The minimum absolute atomic E-state index is 0.249. The molecule has 0 heterocycles. The molecular weight excluding hydrogens is 237 g/mol. The van der Waals surface area contributed by atoms with Crippen molar-refractivity contribution in [1.82, 2.24) is 5.32 Å². The van der Waals surface area contributed by atoms with Crippen LogP contribution in [0.5, 0.6) is 0 Å². The number of ether oxygens (including phenoxy) is 1. The van der Waals surface area contributed by atoms with Gasteiger partial charge < -0.3 is 15.2 Å². The van der Waals surface area contributed by atoms with Crippen LogP contribution in [0.15, 0.2) is 18.2 Å². The zero-order valence-corrected chi connectivity index (χ0v) is 10.00. The molecule has 0 saturated carbocycles. The summed E-state index contributed by atoms with van der Waals surface area (Å²) in [7, 11) is 1.53. The molecule has 0 saturated heterocycles. The van der Waals surface area contributed by atoms with Crippen molar-refractivity contribution in [3.8, 4) is 11.8 Å². The van der Waals surface area contributed by atoms with E-state index in [1.807, 2.05) is 0 Å². The van der Waals surface area contributed by atoms with Gasteiger partial charge in [-0.3, -0.25) is 4.79 Å². The monoisotopic (exact) mass is 251 g/mol. The Kier molecular flexibility index (Phi) is 5.85. The summed E-state index contributed by atoms with van der Waals surface area (Å²) in [5.41, 5.74) is 0.521. The van der Waals surface area contributed by atoms with Gasteiger partial charge in [0.1, 0.15) is 12.4 Å². The van der Waals surface area contributed by atoms with Crippen LogP contribution in [0.2, 0.25) is 0 Å². The first-order valence-electron chi connectivity index (χ1n) is 5.35. The normalized spacial score (nSPS) is 9.50. The van der Waals surface area contributed by atoms with E-state index >= 15 is 0 Å². The van der Waals surface area contributed by atoms with Crippen molar-refractivity contribution in [1.29, 1.82) is 0 Å². The number of hydrogen-bond acceptors (Lipinski definition) is 3. The molecule has 4 nitrogen and oxygen atoms in total. The average Bonchev–Trinajstić information content (AvgIpc) is 2.36. The highest BCUT2D eigenvalue weighted by molar-refractivity contribution is 5.96. The summed E-state index contributed by atoms with van der Waals surface area (Å²) < 4.78 is 17.9. The van der Waals surface area contributed by atoms with Crippen LogP contribution in [0.4, 0.5) is 4.39 Å². The number of benzene rings is 1. The van der Waals surface area contributed by atoms with Crippen LogP contribution in [0.1, 0.15) is 15.9 Å². The third-order valence-electron chi connectivity index (χ3n) is 2.12. The van der Waals surface area contributed by atoms with Crippen LogP contribution in [0.3, 0.4) is 0 Å². The molecule has 0 unspecified atom stereocenters. The second kappa shape index (κ2) is 7.43. The largest absolute Gasteiger partial charge is 0.384 e. The zero-order valence-electron chi connectivity index (χ0n) is 10.00. The van der Waals surface area contributed by atoms with Gasteiger partial charge in [0.05, 0.1) is 12.2 Å². The molecule has 1 aromatic rings. The summed E-state index contributed by atoms with van der Waals surface area (Å²) in [6.45, 7) is 0.408. The molecule has 18 heavy (non-hydrogen) atoms. The third-order valence-corrected chi connectivity index (χ3v) is 2.12. The second-order valence-electron chi connectivity index (χ2n) is 3.40. The molecule has 0 bridgehead atoms. The first-order valence-corrected chi connectivity index (χ1v) is 5.35. The van der Waals surface area contributed by atoms with E-state index < -0.39 is 5.82 Å². The third kappa shape index (κ3) is 4.17. The average molecular weight is 251 g/mol. The number of aliphatic hydroxyl groups is 1. The van der Waals surface area contributed by atoms with E-state index in [9.17, 15) is 9.18 Å². The van der Waals surface area contributed by atoms with Gasteiger partial charge >= 0.3 is 0 Å². The van der Waals surface area contributed by atoms with E-state index in [-0.39, 0.29) is 23.6 Å². The van der Waals surface area contributed by atoms with Crippen molar-refractivity contribution in [2.75, 3.05) is 26.9 Å². The van der Waals surface area contributed by atoms with E-state index in [2.05, 4.69) is 17.2 Å². The molecule has 0 fully saturated rings. The number of rotatable bonds is 4. The smallest absolute Gasteiger partial charge is 0.252 e. The van der Waals surface area contributed by atoms with E-state index in [4.69, 9.17) is 9.84 Å². The van der Waals surface area contributed by atoms with Crippen LogP contribution >= 0.6 is 0 Å². The molecule has 0 atom stereocenters. The molecule has 1 aromatic carbocycles. The van der Waals surface area contributed by atoms with Crippen LogP contribution in [0, 0.1) is 17.7 Å². The maximum absolute atomic E-state index is 13.1. The number of halogens is 1. The molecule has 0 aliphatic heterocycles. The van der Waals surface area contributed by atoms with Gasteiger partial charge in [-0.25, -0.2) is 4.39 Å². The van der Waals surface area contributed by atoms with E-state index in [0.29, 0.717) is 13.2 Å². The number of amides is 1. The SMILES string of the molecule is COCCNC(=O)c1ccc(F)cc1C#CCO. The highest BCUT2D eigenvalue weighted by Gasteiger charge is 2.10. The predicted octanol–water partition coefficient (Wildman–Crippen LogP) is 0.546. The van der Waals surface area contributed by atoms with Gasteiger partial charge in [-0.2, -0.15) is 0 Å². The summed E-state index contributed by atoms with van der Waals surface area (Å²) in [6.07, 6.45) is 0. The van der Waals surface area contributed by atoms with Crippen LogP contribution in [-0.2, 0) is 4.74 Å². The van der Waals surface area contributed by atoms with Crippen molar-refractivity contribution < 1.29 is 19.0 Å². The Morgan fingerprint density at radius 2 is 2.33 bits per heavy atom. The Labute approximate surface area is 105 Å². The van der Waals surface area contributed by atoms with Crippen molar-refractivity contribution >= 4 is 5.91 Å². The quantitative estimate of drug-likeness (QED) is 0.607. The summed E-state index contributed by atoms with van der Waals surface area (Å²) in [6, 6.07) is 3.71. The molecule has 5 heteroatoms. The van der Waals surface area contributed by atoms with Crippen molar-refractivity contribution in [2.45, 2.75) is 0 Å². The number of hydrogen-bond donors (Lipinski definition) is 2. The van der Waals surface area contributed by atoms with Crippen molar-refractivity contribution in [2.24, 2.45) is 0 Å². The molecule has 2 N–H and O–H groups in total. The number of nitrogens with one attached hydrogen (secondary N) is 1. The fourth-order valence-electron chi connectivity index (χ4n) is 1.31. The van der Waals surface area contributed by atoms with Crippen LogP contribution in [0.25, 0.3) is 0 Å². The molecule has 96 valence electrons. The minimum atomic E-state index is -0.481. The molecule has 0 aromatic heterocycles. The lowest BCUT2D eigenvalue weighted by molar-refractivity contribution is 0.0937. The van der Waals surface area contributed by atoms with Gasteiger partial charge in [-0.05, 0) is 18.2 Å². The number of carbonyl (C=O) groups is 1. The fourth-order valence-corrected chi connectivity index (χ4v) is 1.31. The lowest BCUT2D eigenvalue weighted by Crippen LogP contribution is -2.27. The molecule has 0 aliphatic rings. The molecule has 0 radical (unpaired) electrons. The van der Waals surface area contributed by atoms with Crippen LogP contribution in [-0.4, -0.2) is 37.9 Å². The summed E-state index contributed by atoms with van der Waals surface area (Å²) in [4.78, 5) is 11.8. The van der Waals surface area contributed by atoms with Crippen molar-refractivity contribution in [3.63, 3.8) is 0 Å². The molecular formula is C13H14FNO3. The maximum atomic E-state index is 13.1. The number of aliphatic hydroxyl groups excluding tert-OH is 1. The first-order chi connectivity index (χ1) is 8.69. The lowest BCUT2D eigenvalue weighted by atomic mass is 10.1. The molecule has 1 rings (SSSR count). The number of carbonyl (C=O) groups excluding carboxylic acids is 1. The van der Waals surface area contributed by atoms with E-state index in [1.54, 1.807) is 0 Å². The Morgan fingerprint density at radius 1 is 1.56 bits per heavy atom. The van der Waals surface area contributed by atoms with Gasteiger partial charge in [0.15, 0.2) is 0 Å². The highest BCUT2D eigenvalue weighted by atomic mass is 19.1. The van der Waals surface area contributed by atoms with Gasteiger partial charge in [-0.1, -0.05) is 11.8 Å². The standard InChI is InChI=1S/C13H14FNO3/c1-18-8-6-15-13(17)12-5-4-11(14)9-10(12)3-2-7-16/h4-5,9,16H,6-8H2,1H3,(H,15,17). The van der Waals surface area contributed by atoms with Crippen molar-refractivity contribution in [3.05, 3.63) is 35.1 Å². The van der Waals surface area contributed by atoms with Gasteiger partial charge in [0.2, 0.25) is 0 Å². The molecule has 1 amide bonds. The van der Waals surface area contributed by atoms with Gasteiger partial charge in [0.25, 0.3) is 5.91 Å². The number of methoxy groups -OCH3 is 1. The van der Waals surface area contributed by atoms with E-state index in [0.717, 1.165) is 6.07 Å². The maximum Gasteiger partial charge on any atom is 0.252 e. The predicted molar refractivity (Wildman–Crippen MR) is 64.6 cm³/mol. The summed E-state index contributed by atoms with van der Waals surface area (Å²) in [5, 5.41) is 11.2. The van der Waals surface area contributed by atoms with Gasteiger partial charge in [0, 0.05) is 19.2 Å². The Hall–Kier alpha value is -1.90. The van der Waals surface area contributed by atoms with Crippen LogP contribution < -0.4 is 5.32 Å². The minimum Gasteiger partial charge on any atom is -0.384 e. The second-order valence-corrected chi connectivity index (χ2v) is 3.40. The summed E-state index contributed by atoms with van der Waals surface area (Å²) >= 11 is 0. The zero-order chi connectivity index (χ0) is 13.4. The Balaban J connectivity index is 2.89. The lowest BCUT2D eigenvalue weighted by Gasteiger charge is -2.06. The topological polar surface area (TPSA) is 58.6 Å². The fraction of sp³-hybridized carbons (Fsp3) is 0.308. The first kappa shape index (κ1) is 14.2.